The normalized spacial score (nSPS) is 17.8. The van der Waals surface area contributed by atoms with Crippen LogP contribution in [0.1, 0.15) is 49.5 Å². The van der Waals surface area contributed by atoms with Gasteiger partial charge in [-0.05, 0) is 54.8 Å². The molecule has 0 bridgehead atoms. The Balaban J connectivity index is 2.14. The molecule has 0 heterocycles. The van der Waals surface area contributed by atoms with E-state index >= 15 is 0 Å². The van der Waals surface area contributed by atoms with Crippen LogP contribution in [0.25, 0.3) is 0 Å². The Morgan fingerprint density at radius 1 is 1.22 bits per heavy atom. The number of aryl methyl sites for hydroxylation is 2. The van der Waals surface area contributed by atoms with E-state index in [4.69, 9.17) is 5.73 Å². The average Bonchev–Trinajstić information content (AvgIpc) is 2.81. The third kappa shape index (κ3) is 2.93. The monoisotopic (exact) mass is 247 g/mol. The second-order valence-electron chi connectivity index (χ2n) is 5.95. The van der Waals surface area contributed by atoms with Gasteiger partial charge in [-0.2, -0.15) is 0 Å². The van der Waals surface area contributed by atoms with Crippen molar-refractivity contribution in [2.45, 2.75) is 45.6 Å². The summed E-state index contributed by atoms with van der Waals surface area (Å²) in [5.41, 5.74) is 9.74. The summed E-state index contributed by atoms with van der Waals surface area (Å²) in [5, 5.41) is 10.5. The number of hydrogen-bond acceptors (Lipinski definition) is 2. The molecule has 2 heteroatoms. The highest BCUT2D eigenvalue weighted by molar-refractivity contribution is 5.36. The minimum absolute atomic E-state index is 0.171. The molecule has 0 saturated carbocycles. The van der Waals surface area contributed by atoms with Gasteiger partial charge in [0.1, 0.15) is 0 Å². The fraction of sp³-hybridized carbons (Fsp3) is 0.625. The summed E-state index contributed by atoms with van der Waals surface area (Å²) < 4.78 is 0. The van der Waals surface area contributed by atoms with Crippen LogP contribution in [-0.4, -0.2) is 11.7 Å². The number of benzene rings is 1. The number of nitrogens with two attached hydrogens (primary N) is 1. The van der Waals surface area contributed by atoms with Gasteiger partial charge < -0.3 is 10.8 Å². The van der Waals surface area contributed by atoms with Crippen LogP contribution in [0.15, 0.2) is 18.2 Å². The smallest absolute Gasteiger partial charge is 0.0830 e. The van der Waals surface area contributed by atoms with E-state index in [1.54, 1.807) is 0 Å². The molecule has 1 aliphatic rings. The molecule has 1 aromatic carbocycles. The molecule has 0 saturated heterocycles. The number of hydrogen-bond donors (Lipinski definition) is 2. The Bertz CT molecular complexity index is 400. The number of aliphatic hydroxyl groups is 1. The summed E-state index contributed by atoms with van der Waals surface area (Å²) in [6.07, 6.45) is 4.17. The molecule has 2 nitrogen and oxygen atoms in total. The van der Waals surface area contributed by atoms with Crippen LogP contribution in [0, 0.1) is 11.8 Å². The van der Waals surface area contributed by atoms with Crippen LogP contribution in [0.2, 0.25) is 0 Å². The maximum Gasteiger partial charge on any atom is 0.0830 e. The van der Waals surface area contributed by atoms with Gasteiger partial charge in [0, 0.05) is 5.92 Å². The predicted molar refractivity (Wildman–Crippen MR) is 75.4 cm³/mol. The van der Waals surface area contributed by atoms with E-state index in [2.05, 4.69) is 32.0 Å². The van der Waals surface area contributed by atoms with Crippen molar-refractivity contribution in [1.29, 1.82) is 0 Å². The lowest BCUT2D eigenvalue weighted by Gasteiger charge is -2.24. The van der Waals surface area contributed by atoms with Gasteiger partial charge in [-0.25, -0.2) is 0 Å². The Kier molecular flexibility index (Phi) is 4.41. The Morgan fingerprint density at radius 3 is 2.61 bits per heavy atom. The Hall–Kier alpha value is -0.860. The minimum Gasteiger partial charge on any atom is -0.388 e. The first-order chi connectivity index (χ1) is 8.61. The Morgan fingerprint density at radius 2 is 1.94 bits per heavy atom. The van der Waals surface area contributed by atoms with Crippen LogP contribution in [0.3, 0.4) is 0 Å². The molecular formula is C16H25NO. The van der Waals surface area contributed by atoms with Crippen molar-refractivity contribution in [1.82, 2.24) is 0 Å². The van der Waals surface area contributed by atoms with Crippen LogP contribution in [0.4, 0.5) is 0 Å². The molecular weight excluding hydrogens is 222 g/mol. The second kappa shape index (κ2) is 5.85. The summed E-state index contributed by atoms with van der Waals surface area (Å²) in [6.45, 7) is 4.91. The van der Waals surface area contributed by atoms with E-state index in [1.807, 2.05) is 0 Å². The molecule has 1 aromatic rings. The molecule has 3 N–H and O–H groups in total. The fourth-order valence-electron chi connectivity index (χ4n) is 3.01. The zero-order valence-corrected chi connectivity index (χ0v) is 11.5. The van der Waals surface area contributed by atoms with Crippen molar-refractivity contribution in [3.63, 3.8) is 0 Å². The lowest BCUT2D eigenvalue weighted by atomic mass is 9.87. The zero-order valence-electron chi connectivity index (χ0n) is 11.5. The van der Waals surface area contributed by atoms with Gasteiger partial charge in [0.15, 0.2) is 0 Å². The van der Waals surface area contributed by atoms with Crippen LogP contribution < -0.4 is 5.73 Å². The minimum atomic E-state index is -0.414. The third-order valence-electron chi connectivity index (χ3n) is 3.99. The van der Waals surface area contributed by atoms with E-state index in [0.717, 1.165) is 18.4 Å². The third-order valence-corrected chi connectivity index (χ3v) is 3.99. The lowest BCUT2D eigenvalue weighted by molar-refractivity contribution is 0.0994. The summed E-state index contributed by atoms with van der Waals surface area (Å²) in [6, 6.07) is 6.46. The maximum atomic E-state index is 10.5. The molecule has 18 heavy (non-hydrogen) atoms. The first-order valence-corrected chi connectivity index (χ1v) is 7.11. The number of rotatable bonds is 5. The van der Waals surface area contributed by atoms with E-state index in [-0.39, 0.29) is 5.92 Å². The predicted octanol–water partition coefficient (Wildman–Crippen LogP) is 2.83. The molecule has 0 radical (unpaired) electrons. The number of fused-ring (bicyclic) bond motifs is 1. The first kappa shape index (κ1) is 13.6. The van der Waals surface area contributed by atoms with Crippen molar-refractivity contribution >= 4 is 0 Å². The van der Waals surface area contributed by atoms with Crippen LogP contribution >= 0.6 is 0 Å². The molecule has 0 aliphatic heterocycles. The van der Waals surface area contributed by atoms with Gasteiger partial charge in [-0.3, -0.25) is 0 Å². The topological polar surface area (TPSA) is 46.2 Å². The van der Waals surface area contributed by atoms with Crippen LogP contribution in [0.5, 0.6) is 0 Å². The van der Waals surface area contributed by atoms with Gasteiger partial charge in [-0.15, -0.1) is 0 Å². The summed E-state index contributed by atoms with van der Waals surface area (Å²) >= 11 is 0. The van der Waals surface area contributed by atoms with Gasteiger partial charge in [0.05, 0.1) is 6.10 Å². The van der Waals surface area contributed by atoms with Crippen LogP contribution in [-0.2, 0) is 12.8 Å². The van der Waals surface area contributed by atoms with Crippen molar-refractivity contribution in [2.75, 3.05) is 6.54 Å². The largest absolute Gasteiger partial charge is 0.388 e. The van der Waals surface area contributed by atoms with Gasteiger partial charge in [0.25, 0.3) is 0 Å². The van der Waals surface area contributed by atoms with E-state index in [9.17, 15) is 5.11 Å². The van der Waals surface area contributed by atoms with Gasteiger partial charge in [-0.1, -0.05) is 32.0 Å². The summed E-state index contributed by atoms with van der Waals surface area (Å²) in [7, 11) is 0. The second-order valence-corrected chi connectivity index (χ2v) is 5.95. The molecule has 1 aliphatic carbocycles. The summed E-state index contributed by atoms with van der Waals surface area (Å²) in [4.78, 5) is 0. The average molecular weight is 247 g/mol. The van der Waals surface area contributed by atoms with Gasteiger partial charge in [0.2, 0.25) is 0 Å². The first-order valence-electron chi connectivity index (χ1n) is 7.11. The molecule has 2 atom stereocenters. The molecule has 100 valence electrons. The zero-order chi connectivity index (χ0) is 13.1. The van der Waals surface area contributed by atoms with E-state index in [1.165, 1.54) is 24.0 Å². The Labute approximate surface area is 110 Å². The van der Waals surface area contributed by atoms with Crippen molar-refractivity contribution < 1.29 is 5.11 Å². The standard InChI is InChI=1S/C16H25NO/c1-11(2)8-15(10-17)16(18)14-7-6-12-4-3-5-13(12)9-14/h6-7,9,11,15-16,18H,3-5,8,10,17H2,1-2H3. The van der Waals surface area contributed by atoms with Gasteiger partial charge >= 0.3 is 0 Å². The highest BCUT2D eigenvalue weighted by Crippen LogP contribution is 2.30. The highest BCUT2D eigenvalue weighted by atomic mass is 16.3. The van der Waals surface area contributed by atoms with Crippen molar-refractivity contribution in [3.8, 4) is 0 Å². The summed E-state index contributed by atoms with van der Waals surface area (Å²) in [5.74, 6) is 0.743. The molecule has 0 fully saturated rings. The SMILES string of the molecule is CC(C)CC(CN)C(O)c1ccc2c(c1)CCC2. The molecule has 0 aromatic heterocycles. The van der Waals surface area contributed by atoms with Crippen molar-refractivity contribution in [2.24, 2.45) is 17.6 Å². The van der Waals surface area contributed by atoms with E-state index < -0.39 is 6.10 Å². The molecule has 2 rings (SSSR count). The quantitative estimate of drug-likeness (QED) is 0.840. The highest BCUT2D eigenvalue weighted by Gasteiger charge is 2.22. The van der Waals surface area contributed by atoms with Crippen molar-refractivity contribution in [3.05, 3.63) is 34.9 Å². The number of aliphatic hydroxyl groups excluding tert-OH is 1. The lowest BCUT2D eigenvalue weighted by Crippen LogP contribution is -2.23. The maximum absolute atomic E-state index is 10.5. The molecule has 0 spiro atoms. The molecule has 0 amide bonds. The fourth-order valence-corrected chi connectivity index (χ4v) is 3.01. The van der Waals surface area contributed by atoms with E-state index in [0.29, 0.717) is 12.5 Å². The molecule has 2 unspecified atom stereocenters.